The monoisotopic (exact) mass is 214 g/mol. The highest BCUT2D eigenvalue weighted by Crippen LogP contribution is 2.39. The molecule has 0 aliphatic heterocycles. The highest BCUT2D eigenvalue weighted by molar-refractivity contribution is 6.52. The maximum atomic E-state index is 12.2. The van der Waals surface area contributed by atoms with E-state index in [2.05, 4.69) is 0 Å². The van der Waals surface area contributed by atoms with Crippen molar-refractivity contribution in [1.29, 1.82) is 0 Å². The molecule has 10 heavy (non-hydrogen) atoms. The Bertz CT molecular complexity index is 100. The van der Waals surface area contributed by atoms with Crippen LogP contribution in [0.15, 0.2) is 0 Å². The Hall–Kier alpha value is 0.660. The first-order valence-corrected chi connectivity index (χ1v) is 3.54. The molecule has 62 valence electrons. The molecule has 0 aliphatic carbocycles. The quantitative estimate of drug-likeness (QED) is 0.635. The third-order valence-corrected chi connectivity index (χ3v) is 2.37. The van der Waals surface area contributed by atoms with E-state index >= 15 is 0 Å². The topological polar surface area (TPSA) is 0 Å². The van der Waals surface area contributed by atoms with E-state index in [4.69, 9.17) is 34.8 Å². The van der Waals surface area contributed by atoms with E-state index in [0.717, 1.165) is 0 Å². The van der Waals surface area contributed by atoms with Gasteiger partial charge >= 0.3 is 5.92 Å². The normalized spacial score (nSPS) is 13.8. The van der Waals surface area contributed by atoms with Crippen LogP contribution in [-0.4, -0.2) is 22.8 Å². The van der Waals surface area contributed by atoms with Gasteiger partial charge in [-0.1, -0.05) is 23.2 Å². The minimum atomic E-state index is -3.78. The fraction of sp³-hybridized carbons (Fsp3) is 1.00. The summed E-state index contributed by atoms with van der Waals surface area (Å²) in [4.78, 5) is 0. The fourth-order valence-electron chi connectivity index (χ4n) is 0.196. The second kappa shape index (κ2) is 3.37. The van der Waals surface area contributed by atoms with Gasteiger partial charge in [0.2, 0.25) is 0 Å². The second-order valence-corrected chi connectivity index (χ2v) is 3.43. The van der Waals surface area contributed by atoms with Gasteiger partial charge in [-0.3, -0.25) is 0 Å². The number of hydrogen-bond acceptors (Lipinski definition) is 0. The second-order valence-electron chi connectivity index (χ2n) is 1.68. The number of hydrogen-bond donors (Lipinski definition) is 0. The van der Waals surface area contributed by atoms with Crippen LogP contribution in [0.5, 0.6) is 0 Å². The van der Waals surface area contributed by atoms with Crippen molar-refractivity contribution in [3.8, 4) is 0 Å². The minimum Gasteiger partial charge on any atom is -0.244 e. The van der Waals surface area contributed by atoms with Crippen molar-refractivity contribution >= 4 is 34.8 Å². The molecule has 0 amide bonds. The Balaban J connectivity index is 4.28. The molecular weight excluding hydrogens is 211 g/mol. The van der Waals surface area contributed by atoms with Crippen molar-refractivity contribution in [2.45, 2.75) is 10.3 Å². The number of alkyl halides is 6. The van der Waals surface area contributed by atoms with Crippen LogP contribution in [0.2, 0.25) is 0 Å². The Labute approximate surface area is 71.2 Å². The minimum absolute atomic E-state index is 0.715. The maximum absolute atomic E-state index is 12.2. The van der Waals surface area contributed by atoms with Crippen LogP contribution in [-0.2, 0) is 0 Å². The van der Waals surface area contributed by atoms with Crippen molar-refractivity contribution in [2.75, 3.05) is 12.6 Å². The number of rotatable bonds is 3. The molecule has 0 unspecified atom stereocenters. The highest BCUT2D eigenvalue weighted by Gasteiger charge is 2.51. The lowest BCUT2D eigenvalue weighted by atomic mass is 10.3. The molecule has 0 saturated carbocycles. The van der Waals surface area contributed by atoms with Crippen LogP contribution < -0.4 is 0 Å². The zero-order chi connectivity index (χ0) is 8.41. The fourth-order valence-corrected chi connectivity index (χ4v) is 0.492. The lowest BCUT2D eigenvalue weighted by Crippen LogP contribution is -2.41. The van der Waals surface area contributed by atoms with Crippen molar-refractivity contribution in [3.63, 3.8) is 0 Å². The third-order valence-electron chi connectivity index (χ3n) is 0.871. The summed E-state index contributed by atoms with van der Waals surface area (Å²) in [6.07, 6.45) is 0. The van der Waals surface area contributed by atoms with E-state index in [1.807, 2.05) is 0 Å². The molecule has 0 fully saturated rings. The zero-order valence-corrected chi connectivity index (χ0v) is 6.95. The van der Waals surface area contributed by atoms with Gasteiger partial charge in [-0.15, -0.1) is 11.6 Å². The molecule has 0 heterocycles. The highest BCUT2D eigenvalue weighted by atomic mass is 35.5. The van der Waals surface area contributed by atoms with E-state index in [1.54, 1.807) is 0 Å². The smallest absolute Gasteiger partial charge is 0.244 e. The Morgan fingerprint density at radius 3 is 1.70 bits per heavy atom. The van der Waals surface area contributed by atoms with Gasteiger partial charge in [-0.05, 0) is 0 Å². The summed E-state index contributed by atoms with van der Waals surface area (Å²) in [5.74, 6) is -4.50. The Morgan fingerprint density at radius 1 is 1.20 bits per heavy atom. The van der Waals surface area contributed by atoms with Crippen LogP contribution in [0.3, 0.4) is 0 Å². The lowest BCUT2D eigenvalue weighted by Gasteiger charge is -2.24. The molecule has 0 atom stereocenters. The summed E-state index contributed by atoms with van der Waals surface area (Å²) in [5.41, 5.74) is 0. The first kappa shape index (κ1) is 10.7. The largest absolute Gasteiger partial charge is 0.309 e. The van der Waals surface area contributed by atoms with Gasteiger partial charge in [0.1, 0.15) is 0 Å². The summed E-state index contributed by atoms with van der Waals surface area (Å²) in [6, 6.07) is 0. The molecule has 0 aromatic rings. The summed E-state index contributed by atoms with van der Waals surface area (Å²) in [5, 5.41) is 0. The average Bonchev–Trinajstić information content (AvgIpc) is 1.88. The predicted molar refractivity (Wildman–Crippen MR) is 36.1 cm³/mol. The molecule has 0 rings (SSSR count). The number of halogens is 6. The van der Waals surface area contributed by atoms with E-state index in [-0.39, 0.29) is 0 Å². The summed E-state index contributed by atoms with van der Waals surface area (Å²) in [7, 11) is 0. The van der Waals surface area contributed by atoms with E-state index in [9.17, 15) is 13.2 Å². The molecule has 0 bridgehead atoms. The predicted octanol–water partition coefficient (Wildman–Crippen LogP) is 3.00. The van der Waals surface area contributed by atoms with Gasteiger partial charge in [0.05, 0.1) is 5.88 Å². The van der Waals surface area contributed by atoms with Gasteiger partial charge in [0.25, 0.3) is 0 Å². The molecule has 0 aliphatic rings. The average molecular weight is 215 g/mol. The van der Waals surface area contributed by atoms with E-state index < -0.39 is 22.8 Å². The maximum Gasteiger partial charge on any atom is 0.309 e. The molecule has 0 aromatic carbocycles. The summed E-state index contributed by atoms with van der Waals surface area (Å²) in [6.45, 7) is -1.91. The molecule has 0 spiro atoms. The van der Waals surface area contributed by atoms with Crippen LogP contribution in [0.4, 0.5) is 13.2 Å². The SMILES string of the molecule is FCC(F)(F)C(Cl)(Cl)CCl. The van der Waals surface area contributed by atoms with Crippen molar-refractivity contribution < 1.29 is 13.2 Å². The molecular formula is C4H4Cl3F3. The van der Waals surface area contributed by atoms with Crippen molar-refractivity contribution in [1.82, 2.24) is 0 Å². The Morgan fingerprint density at radius 2 is 1.60 bits per heavy atom. The molecule has 0 aromatic heterocycles. The van der Waals surface area contributed by atoms with E-state index in [0.29, 0.717) is 0 Å². The lowest BCUT2D eigenvalue weighted by molar-refractivity contribution is -0.0325. The van der Waals surface area contributed by atoms with Crippen molar-refractivity contribution in [3.05, 3.63) is 0 Å². The third kappa shape index (κ3) is 2.07. The van der Waals surface area contributed by atoms with Crippen molar-refractivity contribution in [2.24, 2.45) is 0 Å². The van der Waals surface area contributed by atoms with Gasteiger partial charge < -0.3 is 0 Å². The Kier molecular flexibility index (Phi) is 3.59. The van der Waals surface area contributed by atoms with Crippen LogP contribution >= 0.6 is 34.8 Å². The zero-order valence-electron chi connectivity index (χ0n) is 4.68. The van der Waals surface area contributed by atoms with Gasteiger partial charge in [0.15, 0.2) is 11.0 Å². The van der Waals surface area contributed by atoms with Gasteiger partial charge in [0, 0.05) is 0 Å². The molecule has 6 heteroatoms. The van der Waals surface area contributed by atoms with Crippen LogP contribution in [0.1, 0.15) is 0 Å². The van der Waals surface area contributed by atoms with Gasteiger partial charge in [-0.25, -0.2) is 13.2 Å². The first-order valence-electron chi connectivity index (χ1n) is 2.25. The van der Waals surface area contributed by atoms with E-state index in [1.165, 1.54) is 0 Å². The molecule has 0 saturated heterocycles. The summed E-state index contributed by atoms with van der Waals surface area (Å²) < 4.78 is 33.4. The van der Waals surface area contributed by atoms with Gasteiger partial charge in [-0.2, -0.15) is 0 Å². The standard InChI is InChI=1S/C4H4Cl3F3/c5-1-3(6,7)4(9,10)2-8/h1-2H2. The molecule has 0 nitrogen and oxygen atoms in total. The first-order chi connectivity index (χ1) is 4.37. The summed E-state index contributed by atoms with van der Waals surface area (Å²) >= 11 is 14.9. The molecule has 0 radical (unpaired) electrons. The van der Waals surface area contributed by atoms with Crippen LogP contribution in [0, 0.1) is 0 Å². The van der Waals surface area contributed by atoms with Crippen LogP contribution in [0.25, 0.3) is 0 Å². The molecule has 0 N–H and O–H groups in total.